The van der Waals surface area contributed by atoms with Crippen LogP contribution in [0.4, 0.5) is 0 Å². The Hall–Kier alpha value is -2.48. The van der Waals surface area contributed by atoms with E-state index in [1.54, 1.807) is 13.8 Å². The molecule has 0 aromatic carbocycles. The van der Waals surface area contributed by atoms with Crippen LogP contribution in [0.1, 0.15) is 100 Å². The van der Waals surface area contributed by atoms with Crippen LogP contribution in [0.2, 0.25) is 0 Å². The summed E-state index contributed by atoms with van der Waals surface area (Å²) in [5, 5.41) is 10.9. The van der Waals surface area contributed by atoms with Gasteiger partial charge in [0.1, 0.15) is 17.9 Å². The molecule has 4 rings (SSSR count). The number of esters is 1. The summed E-state index contributed by atoms with van der Waals surface area (Å²) in [4.78, 5) is 79.3. The van der Waals surface area contributed by atoms with Gasteiger partial charge in [-0.2, -0.15) is 0 Å². The molecule has 0 spiro atoms. The molecule has 4 aliphatic carbocycles. The van der Waals surface area contributed by atoms with Gasteiger partial charge in [0.2, 0.25) is 5.78 Å². The summed E-state index contributed by atoms with van der Waals surface area (Å²) in [5.74, 6) is -2.79. The number of hydrogen-bond donors (Lipinski definition) is 1. The van der Waals surface area contributed by atoms with Crippen LogP contribution in [0.3, 0.4) is 0 Å². The van der Waals surface area contributed by atoms with Crippen LogP contribution in [-0.2, 0) is 33.5 Å². The standard InChI is InChI=1S/C33H46O8/c1-17(10-12-34)13-20(36)14-18(2)21-15-25(39)33(8)26-22(37)16-23-30(4,5)24(38)9-11-31(23,6)27(26)28(40)29(32(21,33)7)41-19(3)35/h12,17-18,21,23-24,29,38H,9-11,13-16H2,1-8H3/t17-,18-,21-,23+,24+,29-,31+,32+,33+/m1/s1. The lowest BCUT2D eigenvalue weighted by Gasteiger charge is -2.61. The van der Waals surface area contributed by atoms with Crippen LogP contribution in [0.5, 0.6) is 0 Å². The van der Waals surface area contributed by atoms with Crippen LogP contribution in [0.25, 0.3) is 0 Å². The first-order valence-electron chi connectivity index (χ1n) is 15.0. The summed E-state index contributed by atoms with van der Waals surface area (Å²) in [5.41, 5.74) is -3.48. The Labute approximate surface area is 243 Å². The number of carbonyl (C=O) groups is 6. The molecule has 8 heteroatoms. The van der Waals surface area contributed by atoms with Gasteiger partial charge in [0.25, 0.3) is 0 Å². The normalized spacial score (nSPS) is 39.4. The van der Waals surface area contributed by atoms with Crippen molar-refractivity contribution in [2.45, 2.75) is 113 Å². The lowest BCUT2D eigenvalue weighted by molar-refractivity contribution is -0.176. The predicted octanol–water partition coefficient (Wildman–Crippen LogP) is 4.39. The van der Waals surface area contributed by atoms with Gasteiger partial charge >= 0.3 is 5.97 Å². The number of rotatable bonds is 8. The molecule has 0 aliphatic heterocycles. The summed E-state index contributed by atoms with van der Waals surface area (Å²) in [6.07, 6.45) is 0.652. The second-order valence-electron chi connectivity index (χ2n) is 14.7. The number of ketones is 4. The number of aliphatic hydroxyl groups is 1. The summed E-state index contributed by atoms with van der Waals surface area (Å²) < 4.78 is 5.84. The van der Waals surface area contributed by atoms with Gasteiger partial charge < -0.3 is 14.6 Å². The molecule has 9 atom stereocenters. The molecule has 1 N–H and O–H groups in total. The Morgan fingerprint density at radius 1 is 1.02 bits per heavy atom. The van der Waals surface area contributed by atoms with Crippen molar-refractivity contribution in [2.75, 3.05) is 0 Å². The highest BCUT2D eigenvalue weighted by atomic mass is 16.5. The van der Waals surface area contributed by atoms with Crippen molar-refractivity contribution in [3.05, 3.63) is 11.1 Å². The topological polar surface area (TPSA) is 132 Å². The van der Waals surface area contributed by atoms with Crippen molar-refractivity contribution in [1.82, 2.24) is 0 Å². The number of aliphatic hydroxyl groups excluding tert-OH is 1. The van der Waals surface area contributed by atoms with Crippen LogP contribution in [0.15, 0.2) is 11.1 Å². The Morgan fingerprint density at radius 3 is 2.24 bits per heavy atom. The molecule has 226 valence electrons. The van der Waals surface area contributed by atoms with E-state index in [1.165, 1.54) is 6.92 Å². The Balaban J connectivity index is 1.87. The van der Waals surface area contributed by atoms with E-state index in [4.69, 9.17) is 4.74 Å². The van der Waals surface area contributed by atoms with E-state index in [0.717, 1.165) is 6.29 Å². The number of aldehydes is 1. The quantitative estimate of drug-likeness (QED) is 0.336. The molecule has 0 unspecified atom stereocenters. The van der Waals surface area contributed by atoms with Crippen molar-refractivity contribution in [1.29, 1.82) is 0 Å². The molecule has 8 nitrogen and oxygen atoms in total. The molecule has 0 bridgehead atoms. The Morgan fingerprint density at radius 2 is 1.66 bits per heavy atom. The Kier molecular flexibility index (Phi) is 7.94. The van der Waals surface area contributed by atoms with Crippen LogP contribution in [0, 0.1) is 45.3 Å². The summed E-state index contributed by atoms with van der Waals surface area (Å²) in [7, 11) is 0. The smallest absolute Gasteiger partial charge is 0.303 e. The van der Waals surface area contributed by atoms with Crippen molar-refractivity contribution in [3.63, 3.8) is 0 Å². The van der Waals surface area contributed by atoms with E-state index in [2.05, 4.69) is 0 Å². The second-order valence-corrected chi connectivity index (χ2v) is 14.7. The molecule has 0 aromatic heterocycles. The van der Waals surface area contributed by atoms with E-state index in [1.807, 2.05) is 34.6 Å². The zero-order chi connectivity index (χ0) is 30.9. The maximum atomic E-state index is 14.6. The molecular formula is C33H46O8. The number of ether oxygens (including phenoxy) is 1. The third-order valence-corrected chi connectivity index (χ3v) is 11.9. The first-order valence-corrected chi connectivity index (χ1v) is 15.0. The highest BCUT2D eigenvalue weighted by molar-refractivity contribution is 6.18. The minimum absolute atomic E-state index is 0.0327. The lowest BCUT2D eigenvalue weighted by Crippen LogP contribution is -2.65. The molecule has 0 heterocycles. The first-order chi connectivity index (χ1) is 18.9. The van der Waals surface area contributed by atoms with Crippen LogP contribution in [-0.4, -0.2) is 52.7 Å². The van der Waals surface area contributed by atoms with Gasteiger partial charge in [-0.3, -0.25) is 24.0 Å². The molecule has 0 saturated heterocycles. The maximum Gasteiger partial charge on any atom is 0.303 e. The molecule has 0 aromatic rings. The average Bonchev–Trinajstić information content (AvgIpc) is 3.07. The SMILES string of the molecule is CC(=O)O[C@@H]1C(=O)C2=C(C(=O)C[C@H]3C(C)(C)[C@@H](O)CC[C@]23C)[C@]2(C)C(=O)C[C@H]([C@H](C)CC(=O)C[C@H](C)CC=O)[C@@]12C. The third kappa shape index (κ3) is 4.42. The van der Waals surface area contributed by atoms with Gasteiger partial charge in [-0.15, -0.1) is 0 Å². The summed E-state index contributed by atoms with van der Waals surface area (Å²) in [6, 6.07) is 0. The number of carbonyl (C=O) groups excluding carboxylic acids is 6. The number of allylic oxidation sites excluding steroid dienone is 1. The molecule has 0 amide bonds. The largest absolute Gasteiger partial charge is 0.454 e. The van der Waals surface area contributed by atoms with Gasteiger partial charge in [0, 0.05) is 61.0 Å². The fourth-order valence-electron chi connectivity index (χ4n) is 9.38. The Bertz CT molecular complexity index is 1230. The van der Waals surface area contributed by atoms with Gasteiger partial charge in [0.15, 0.2) is 11.9 Å². The lowest BCUT2D eigenvalue weighted by atomic mass is 9.42. The van der Waals surface area contributed by atoms with Crippen molar-refractivity contribution >= 4 is 35.4 Å². The third-order valence-electron chi connectivity index (χ3n) is 11.9. The van der Waals surface area contributed by atoms with Crippen molar-refractivity contribution < 1.29 is 38.6 Å². The van der Waals surface area contributed by atoms with E-state index < -0.39 is 51.5 Å². The molecule has 4 aliphatic rings. The number of Topliss-reactive ketones (excluding diaryl/α,β-unsaturated/α-hetero) is 4. The molecule has 0 radical (unpaired) electrons. The molecule has 2 fully saturated rings. The minimum atomic E-state index is -1.38. The highest BCUT2D eigenvalue weighted by Gasteiger charge is 2.74. The molecular weight excluding hydrogens is 524 g/mol. The monoisotopic (exact) mass is 570 g/mol. The second kappa shape index (κ2) is 10.4. The van der Waals surface area contributed by atoms with E-state index >= 15 is 0 Å². The van der Waals surface area contributed by atoms with Gasteiger partial charge in [-0.25, -0.2) is 0 Å². The maximum absolute atomic E-state index is 14.6. The summed E-state index contributed by atoms with van der Waals surface area (Å²) >= 11 is 0. The van der Waals surface area contributed by atoms with Gasteiger partial charge in [-0.05, 0) is 48.9 Å². The fourth-order valence-corrected chi connectivity index (χ4v) is 9.38. The van der Waals surface area contributed by atoms with Crippen molar-refractivity contribution in [2.24, 2.45) is 45.3 Å². The predicted molar refractivity (Wildman–Crippen MR) is 150 cm³/mol. The van der Waals surface area contributed by atoms with Crippen LogP contribution >= 0.6 is 0 Å². The minimum Gasteiger partial charge on any atom is -0.454 e. The first kappa shape index (κ1) is 31.5. The van der Waals surface area contributed by atoms with E-state index in [9.17, 15) is 33.9 Å². The number of fused-ring (bicyclic) bond motifs is 4. The number of hydrogen-bond acceptors (Lipinski definition) is 8. The molecule has 2 saturated carbocycles. The summed E-state index contributed by atoms with van der Waals surface area (Å²) in [6.45, 7) is 14.3. The van der Waals surface area contributed by atoms with Gasteiger partial charge in [0.05, 0.1) is 11.5 Å². The fraction of sp³-hybridized carbons (Fsp3) is 0.758. The zero-order valence-electron chi connectivity index (χ0n) is 25.8. The molecule has 41 heavy (non-hydrogen) atoms. The van der Waals surface area contributed by atoms with E-state index in [0.29, 0.717) is 18.4 Å². The van der Waals surface area contributed by atoms with E-state index in [-0.39, 0.29) is 72.8 Å². The highest BCUT2D eigenvalue weighted by Crippen LogP contribution is 2.70. The average molecular weight is 571 g/mol. The zero-order valence-corrected chi connectivity index (χ0v) is 25.8. The van der Waals surface area contributed by atoms with Crippen LogP contribution < -0.4 is 0 Å². The van der Waals surface area contributed by atoms with Gasteiger partial charge in [-0.1, -0.05) is 41.5 Å². The van der Waals surface area contributed by atoms with Crippen molar-refractivity contribution in [3.8, 4) is 0 Å².